The first-order valence-electron chi connectivity index (χ1n) is 9.53. The van der Waals surface area contributed by atoms with Crippen molar-refractivity contribution in [2.45, 2.75) is 64.3 Å². The van der Waals surface area contributed by atoms with Gasteiger partial charge in [-0.2, -0.15) is 0 Å². The van der Waals surface area contributed by atoms with Crippen LogP contribution in [0, 0.1) is 0 Å². The van der Waals surface area contributed by atoms with Gasteiger partial charge in [-0.3, -0.25) is 0 Å². The topological polar surface area (TPSA) is 81.0 Å². The summed E-state index contributed by atoms with van der Waals surface area (Å²) in [5.41, 5.74) is 1.69. The van der Waals surface area contributed by atoms with E-state index in [-0.39, 0.29) is 12.2 Å². The average molecular weight is 389 g/mol. The molecule has 0 bridgehead atoms. The number of hydrogen-bond donors (Lipinski definition) is 2. The second-order valence-corrected chi connectivity index (χ2v) is 7.33. The molecule has 0 radical (unpaired) electrons. The van der Waals surface area contributed by atoms with Gasteiger partial charge in [-0.05, 0) is 45.2 Å². The van der Waals surface area contributed by atoms with E-state index in [1.54, 1.807) is 19.9 Å². The van der Waals surface area contributed by atoms with Crippen LogP contribution < -0.4 is 4.74 Å². The van der Waals surface area contributed by atoms with Gasteiger partial charge in [0.25, 0.3) is 0 Å². The van der Waals surface area contributed by atoms with Crippen molar-refractivity contribution in [3.8, 4) is 5.88 Å². The zero-order valence-electron chi connectivity index (χ0n) is 17.0. The molecule has 6 nitrogen and oxygen atoms in total. The predicted molar refractivity (Wildman–Crippen MR) is 107 cm³/mol. The van der Waals surface area contributed by atoms with E-state index in [0.29, 0.717) is 18.2 Å². The second-order valence-electron chi connectivity index (χ2n) is 7.33. The number of nitrogens with zero attached hydrogens (tertiary/aromatic N) is 1. The molecule has 1 fully saturated rings. The Hall–Kier alpha value is -1.99. The minimum absolute atomic E-state index is 0.174. The molecular weight excluding hydrogens is 358 g/mol. The Bertz CT molecular complexity index is 702. The van der Waals surface area contributed by atoms with Gasteiger partial charge in [0.15, 0.2) is 5.79 Å². The lowest BCUT2D eigenvalue weighted by Crippen LogP contribution is -2.20. The number of hydrogen-bond acceptors (Lipinski definition) is 6. The number of aromatic nitrogens is 1. The Morgan fingerprint density at radius 3 is 2.39 bits per heavy atom. The van der Waals surface area contributed by atoms with Crippen LogP contribution in [0.3, 0.4) is 0 Å². The number of benzene rings is 1. The van der Waals surface area contributed by atoms with E-state index in [2.05, 4.69) is 9.72 Å². The molecule has 2 heterocycles. The molecule has 1 saturated heterocycles. The maximum absolute atomic E-state index is 10.4. The van der Waals surface area contributed by atoms with Crippen molar-refractivity contribution in [3.63, 3.8) is 0 Å². The van der Waals surface area contributed by atoms with Gasteiger partial charge in [0.2, 0.25) is 5.88 Å². The minimum Gasteiger partial charge on any atom is -0.473 e. The molecule has 6 heteroatoms. The third kappa shape index (κ3) is 7.56. The molecule has 3 atom stereocenters. The normalized spacial score (nSPS) is 20.2. The van der Waals surface area contributed by atoms with Crippen LogP contribution in [0.25, 0.3) is 0 Å². The molecule has 0 amide bonds. The van der Waals surface area contributed by atoms with E-state index in [4.69, 9.17) is 14.6 Å². The molecule has 1 aliphatic rings. The van der Waals surface area contributed by atoms with Crippen LogP contribution in [0.5, 0.6) is 5.88 Å². The van der Waals surface area contributed by atoms with E-state index in [9.17, 15) is 5.11 Å². The van der Waals surface area contributed by atoms with Crippen molar-refractivity contribution in [3.05, 3.63) is 59.8 Å². The van der Waals surface area contributed by atoms with Crippen LogP contribution >= 0.6 is 0 Å². The third-order valence-electron chi connectivity index (χ3n) is 4.39. The van der Waals surface area contributed by atoms with E-state index in [1.807, 2.05) is 49.4 Å². The highest BCUT2D eigenvalue weighted by Crippen LogP contribution is 2.29. The smallest absolute Gasteiger partial charge is 0.213 e. The van der Waals surface area contributed by atoms with Crippen molar-refractivity contribution < 1.29 is 24.4 Å². The highest BCUT2D eigenvalue weighted by Gasteiger charge is 2.30. The lowest BCUT2D eigenvalue weighted by atomic mass is 10.1. The summed E-state index contributed by atoms with van der Waals surface area (Å²) in [7, 11) is 1.46. The van der Waals surface area contributed by atoms with Crippen LogP contribution in [-0.2, 0) is 16.1 Å². The summed E-state index contributed by atoms with van der Waals surface area (Å²) in [4.78, 5) is 4.41. The molecule has 0 aliphatic carbocycles. The Kier molecular flexibility index (Phi) is 8.38. The Morgan fingerprint density at radius 1 is 1.14 bits per heavy atom. The zero-order chi connectivity index (χ0) is 20.6. The van der Waals surface area contributed by atoms with Gasteiger partial charge < -0.3 is 24.4 Å². The van der Waals surface area contributed by atoms with Crippen LogP contribution in [0.2, 0.25) is 0 Å². The molecule has 0 spiro atoms. The van der Waals surface area contributed by atoms with Gasteiger partial charge in [-0.15, -0.1) is 0 Å². The standard InChI is InChI=1S/C18H21NO3.C4H10O2/c1-13-10-11-16(22-13)18(20)15-8-5-9-17(19-15)21-12-14-6-3-2-4-7-14;1-4(2,5)6-3/h2-9,13,16,18,20H,10-12H2,1H3;5H,1-3H3. The number of pyridine rings is 1. The zero-order valence-corrected chi connectivity index (χ0v) is 17.0. The first-order chi connectivity index (χ1) is 13.3. The van der Waals surface area contributed by atoms with Crippen molar-refractivity contribution in [2.24, 2.45) is 0 Å². The SMILES string of the molecule is CC1CCC(C(O)c2cccc(OCc3ccccc3)n2)O1.COC(C)(C)O. The quantitative estimate of drug-likeness (QED) is 0.735. The molecule has 2 N–H and O–H groups in total. The fraction of sp³-hybridized carbons (Fsp3) is 0.500. The van der Waals surface area contributed by atoms with Crippen LogP contribution in [0.1, 0.15) is 51.0 Å². The molecule has 3 unspecified atom stereocenters. The number of aliphatic hydroxyl groups is 2. The molecule has 0 saturated carbocycles. The van der Waals surface area contributed by atoms with Gasteiger partial charge >= 0.3 is 0 Å². The fourth-order valence-corrected chi connectivity index (χ4v) is 2.66. The first kappa shape index (κ1) is 22.3. The van der Waals surface area contributed by atoms with E-state index in [0.717, 1.165) is 18.4 Å². The average Bonchev–Trinajstić information content (AvgIpc) is 3.13. The molecule has 1 aliphatic heterocycles. The Morgan fingerprint density at radius 2 is 1.82 bits per heavy atom. The maximum Gasteiger partial charge on any atom is 0.213 e. The van der Waals surface area contributed by atoms with Gasteiger partial charge in [0, 0.05) is 13.2 Å². The lowest BCUT2D eigenvalue weighted by Gasteiger charge is -2.18. The van der Waals surface area contributed by atoms with Crippen molar-refractivity contribution in [1.82, 2.24) is 4.98 Å². The summed E-state index contributed by atoms with van der Waals surface area (Å²) in [6.45, 7) is 5.64. The van der Waals surface area contributed by atoms with Crippen molar-refractivity contribution >= 4 is 0 Å². The summed E-state index contributed by atoms with van der Waals surface area (Å²) in [6, 6.07) is 15.4. The van der Waals surface area contributed by atoms with Crippen molar-refractivity contribution in [1.29, 1.82) is 0 Å². The molecule has 1 aromatic heterocycles. The van der Waals surface area contributed by atoms with Crippen LogP contribution in [-0.4, -0.2) is 40.3 Å². The minimum atomic E-state index is -0.958. The van der Waals surface area contributed by atoms with Crippen LogP contribution in [0.15, 0.2) is 48.5 Å². The molecule has 3 rings (SSSR count). The third-order valence-corrected chi connectivity index (χ3v) is 4.39. The van der Waals surface area contributed by atoms with Gasteiger partial charge in [0.1, 0.15) is 12.7 Å². The van der Waals surface area contributed by atoms with Gasteiger partial charge in [0.05, 0.1) is 17.9 Å². The number of aliphatic hydroxyl groups excluding tert-OH is 1. The Labute approximate surface area is 167 Å². The highest BCUT2D eigenvalue weighted by atomic mass is 16.6. The Balaban J connectivity index is 0.000000409. The monoisotopic (exact) mass is 389 g/mol. The summed E-state index contributed by atoms with van der Waals surface area (Å²) < 4.78 is 15.9. The molecule has 154 valence electrons. The summed E-state index contributed by atoms with van der Waals surface area (Å²) >= 11 is 0. The molecule has 1 aromatic carbocycles. The van der Waals surface area contributed by atoms with E-state index >= 15 is 0 Å². The van der Waals surface area contributed by atoms with Gasteiger partial charge in [-0.25, -0.2) is 4.98 Å². The van der Waals surface area contributed by atoms with Gasteiger partial charge in [-0.1, -0.05) is 36.4 Å². The number of methoxy groups -OCH3 is 1. The maximum atomic E-state index is 10.4. The second kappa shape index (κ2) is 10.5. The molecular formula is C22H31NO5. The molecule has 28 heavy (non-hydrogen) atoms. The highest BCUT2D eigenvalue weighted by molar-refractivity contribution is 5.20. The van der Waals surface area contributed by atoms with E-state index in [1.165, 1.54) is 7.11 Å². The van der Waals surface area contributed by atoms with Crippen molar-refractivity contribution in [2.75, 3.05) is 7.11 Å². The lowest BCUT2D eigenvalue weighted by molar-refractivity contribution is -0.155. The largest absolute Gasteiger partial charge is 0.473 e. The number of rotatable bonds is 6. The van der Waals surface area contributed by atoms with Crippen LogP contribution in [0.4, 0.5) is 0 Å². The predicted octanol–water partition coefficient (Wildman–Crippen LogP) is 3.62. The summed E-state index contributed by atoms with van der Waals surface area (Å²) in [6.07, 6.45) is 1.17. The first-order valence-corrected chi connectivity index (χ1v) is 9.53. The summed E-state index contributed by atoms with van der Waals surface area (Å²) in [5.74, 6) is -0.438. The summed E-state index contributed by atoms with van der Waals surface area (Å²) in [5, 5.41) is 19.0. The van der Waals surface area contributed by atoms with E-state index < -0.39 is 11.9 Å². The molecule has 2 aromatic rings. The number of ether oxygens (including phenoxy) is 3. The fourth-order valence-electron chi connectivity index (χ4n) is 2.66.